The highest BCUT2D eigenvalue weighted by Gasteiger charge is 2.45. The van der Waals surface area contributed by atoms with Crippen LogP contribution in [0.5, 0.6) is 0 Å². The van der Waals surface area contributed by atoms with Crippen LogP contribution in [-0.4, -0.2) is 51.8 Å². The number of hydrogen-bond donors (Lipinski definition) is 1. The zero-order chi connectivity index (χ0) is 18.3. The Balaban J connectivity index is 1.66. The lowest BCUT2D eigenvalue weighted by molar-refractivity contribution is -0.141. The van der Waals surface area contributed by atoms with Crippen molar-refractivity contribution >= 4 is 22.9 Å². The molecule has 1 aliphatic carbocycles. The predicted molar refractivity (Wildman–Crippen MR) is 95.9 cm³/mol. The Hall–Kier alpha value is -2.57. The van der Waals surface area contributed by atoms with Gasteiger partial charge in [0.1, 0.15) is 0 Å². The Labute approximate surface area is 150 Å². The zero-order valence-corrected chi connectivity index (χ0v) is 14.9. The Morgan fingerprint density at radius 1 is 1.15 bits per heavy atom. The molecule has 1 aromatic carbocycles. The number of H-pyrrole nitrogens is 1. The average molecular weight is 357 g/mol. The number of rotatable bonds is 1. The normalized spacial score (nSPS) is 19.9. The zero-order valence-electron chi connectivity index (χ0n) is 14.9. The molecule has 1 spiro atoms. The third kappa shape index (κ3) is 2.71. The largest absolute Gasteiger partial charge is 0.417 e. The first-order valence-corrected chi connectivity index (χ1v) is 9.19. The number of benzene rings is 1. The lowest BCUT2D eigenvalue weighted by atomic mass is 9.78. The third-order valence-electron chi connectivity index (χ3n) is 5.78. The van der Waals surface area contributed by atoms with E-state index in [1.165, 1.54) is 6.42 Å². The fourth-order valence-corrected chi connectivity index (χ4v) is 4.59. The number of oxazole rings is 1. The van der Waals surface area contributed by atoms with Gasteiger partial charge in [0.15, 0.2) is 5.58 Å². The molecule has 7 heteroatoms. The molecule has 2 aliphatic rings. The summed E-state index contributed by atoms with van der Waals surface area (Å²) in [5.41, 5.74) is 0.957. The maximum atomic E-state index is 13.2. The second-order valence-corrected chi connectivity index (χ2v) is 7.38. The highest BCUT2D eigenvalue weighted by molar-refractivity contribution is 6.04. The van der Waals surface area contributed by atoms with Crippen molar-refractivity contribution in [2.45, 2.75) is 44.6 Å². The van der Waals surface area contributed by atoms with E-state index in [0.717, 1.165) is 25.7 Å². The van der Waals surface area contributed by atoms with Crippen LogP contribution in [0, 0.1) is 0 Å². The van der Waals surface area contributed by atoms with Gasteiger partial charge in [0.2, 0.25) is 5.91 Å². The van der Waals surface area contributed by atoms with E-state index in [1.807, 2.05) is 9.80 Å². The van der Waals surface area contributed by atoms with Gasteiger partial charge in [-0.2, -0.15) is 0 Å². The maximum absolute atomic E-state index is 13.2. The van der Waals surface area contributed by atoms with E-state index in [9.17, 15) is 14.4 Å². The minimum Gasteiger partial charge on any atom is -0.407 e. The average Bonchev–Trinajstić information content (AvgIpc) is 3.01. The Morgan fingerprint density at radius 3 is 2.65 bits per heavy atom. The highest BCUT2D eigenvalue weighted by atomic mass is 16.4. The van der Waals surface area contributed by atoms with Gasteiger partial charge in [-0.15, -0.1) is 0 Å². The standard InChI is InChI=1S/C19H23N3O4/c1-13(23)22-11-10-21(12-19(22)8-3-2-4-9-19)17(24)14-6-5-7-15-16(14)26-18(25)20-15/h5-7H,2-4,8-12H2,1H3,(H,20,25). The lowest BCUT2D eigenvalue weighted by Crippen LogP contribution is -2.65. The number of amides is 2. The van der Waals surface area contributed by atoms with Crippen molar-refractivity contribution in [3.63, 3.8) is 0 Å². The van der Waals surface area contributed by atoms with Crippen LogP contribution in [-0.2, 0) is 4.79 Å². The lowest BCUT2D eigenvalue weighted by Gasteiger charge is -2.52. The van der Waals surface area contributed by atoms with Crippen molar-refractivity contribution in [1.82, 2.24) is 14.8 Å². The Kier molecular flexibility index (Phi) is 4.09. The molecular formula is C19H23N3O4. The van der Waals surface area contributed by atoms with E-state index in [0.29, 0.717) is 36.3 Å². The summed E-state index contributed by atoms with van der Waals surface area (Å²) in [5.74, 6) is -0.630. The first-order valence-electron chi connectivity index (χ1n) is 9.19. The van der Waals surface area contributed by atoms with E-state index >= 15 is 0 Å². The van der Waals surface area contributed by atoms with Gasteiger partial charge in [-0.25, -0.2) is 4.79 Å². The molecule has 1 aromatic heterocycles. The van der Waals surface area contributed by atoms with Crippen molar-refractivity contribution < 1.29 is 14.0 Å². The SMILES string of the molecule is CC(=O)N1CCN(C(=O)c2cccc3[nH]c(=O)oc23)CC12CCCCC2. The molecule has 7 nitrogen and oxygen atoms in total. The molecule has 138 valence electrons. The van der Waals surface area contributed by atoms with Crippen LogP contribution in [0.15, 0.2) is 27.4 Å². The van der Waals surface area contributed by atoms with Gasteiger partial charge < -0.3 is 14.2 Å². The summed E-state index contributed by atoms with van der Waals surface area (Å²) < 4.78 is 5.18. The van der Waals surface area contributed by atoms with E-state index in [4.69, 9.17) is 4.42 Å². The van der Waals surface area contributed by atoms with E-state index in [2.05, 4.69) is 4.98 Å². The molecule has 0 atom stereocenters. The molecule has 1 N–H and O–H groups in total. The van der Waals surface area contributed by atoms with Crippen LogP contribution in [0.2, 0.25) is 0 Å². The van der Waals surface area contributed by atoms with Crippen molar-refractivity contribution in [2.75, 3.05) is 19.6 Å². The number of nitrogens with zero attached hydrogens (tertiary/aromatic N) is 2. The number of para-hydroxylation sites is 1. The van der Waals surface area contributed by atoms with E-state index in [1.54, 1.807) is 25.1 Å². The molecule has 4 rings (SSSR count). The predicted octanol–water partition coefficient (Wildman–Crippen LogP) is 2.13. The van der Waals surface area contributed by atoms with Gasteiger partial charge >= 0.3 is 5.76 Å². The number of aromatic nitrogens is 1. The summed E-state index contributed by atoms with van der Waals surface area (Å²) in [6.45, 7) is 3.19. The highest BCUT2D eigenvalue weighted by Crippen LogP contribution is 2.37. The van der Waals surface area contributed by atoms with Crippen molar-refractivity contribution in [3.05, 3.63) is 34.3 Å². The van der Waals surface area contributed by atoms with Gasteiger partial charge in [0.05, 0.1) is 16.6 Å². The van der Waals surface area contributed by atoms with Crippen LogP contribution in [0.4, 0.5) is 0 Å². The molecule has 0 bridgehead atoms. The first-order chi connectivity index (χ1) is 12.5. The third-order valence-corrected chi connectivity index (χ3v) is 5.78. The molecular weight excluding hydrogens is 334 g/mol. The van der Waals surface area contributed by atoms with Crippen LogP contribution in [0.25, 0.3) is 11.1 Å². The minimum atomic E-state index is -0.564. The first kappa shape index (κ1) is 16.9. The van der Waals surface area contributed by atoms with E-state index < -0.39 is 5.76 Å². The molecule has 0 radical (unpaired) electrons. The van der Waals surface area contributed by atoms with Crippen molar-refractivity contribution in [2.24, 2.45) is 0 Å². The summed E-state index contributed by atoms with van der Waals surface area (Å²) in [6, 6.07) is 5.14. The number of carbonyl (C=O) groups excluding carboxylic acids is 2. The summed E-state index contributed by atoms with van der Waals surface area (Å²) in [6.07, 6.45) is 5.19. The second-order valence-electron chi connectivity index (χ2n) is 7.38. The summed E-state index contributed by atoms with van der Waals surface area (Å²) in [4.78, 5) is 43.2. The van der Waals surface area contributed by atoms with Crippen LogP contribution in [0.3, 0.4) is 0 Å². The second kappa shape index (κ2) is 6.30. The number of carbonyl (C=O) groups is 2. The van der Waals surface area contributed by atoms with Gasteiger partial charge in [0, 0.05) is 26.6 Å². The number of nitrogens with one attached hydrogen (secondary N) is 1. The van der Waals surface area contributed by atoms with Gasteiger partial charge in [-0.3, -0.25) is 14.6 Å². The van der Waals surface area contributed by atoms with Crippen LogP contribution < -0.4 is 5.76 Å². The quantitative estimate of drug-likeness (QED) is 0.847. The van der Waals surface area contributed by atoms with Gasteiger partial charge in [-0.05, 0) is 25.0 Å². The van der Waals surface area contributed by atoms with Crippen LogP contribution >= 0.6 is 0 Å². The Bertz CT molecular complexity index is 907. The molecule has 1 aliphatic heterocycles. The van der Waals surface area contributed by atoms with Crippen LogP contribution in [0.1, 0.15) is 49.4 Å². The molecule has 2 aromatic rings. The molecule has 2 amide bonds. The summed E-state index contributed by atoms with van der Waals surface area (Å²) in [5, 5.41) is 0. The summed E-state index contributed by atoms with van der Waals surface area (Å²) in [7, 11) is 0. The molecule has 1 saturated heterocycles. The number of piperazine rings is 1. The molecule has 0 unspecified atom stereocenters. The van der Waals surface area contributed by atoms with Crippen molar-refractivity contribution in [1.29, 1.82) is 0 Å². The van der Waals surface area contributed by atoms with Crippen molar-refractivity contribution in [3.8, 4) is 0 Å². The van der Waals surface area contributed by atoms with Gasteiger partial charge in [0.25, 0.3) is 5.91 Å². The minimum absolute atomic E-state index is 0.0812. The fourth-order valence-electron chi connectivity index (χ4n) is 4.59. The topological polar surface area (TPSA) is 86.6 Å². The molecule has 2 heterocycles. The number of fused-ring (bicyclic) bond motifs is 1. The fraction of sp³-hybridized carbons (Fsp3) is 0.526. The Morgan fingerprint density at radius 2 is 1.92 bits per heavy atom. The number of hydrogen-bond acceptors (Lipinski definition) is 4. The molecule has 1 saturated carbocycles. The molecule has 2 fully saturated rings. The monoisotopic (exact) mass is 357 g/mol. The summed E-state index contributed by atoms with van der Waals surface area (Å²) >= 11 is 0. The smallest absolute Gasteiger partial charge is 0.407 e. The number of aromatic amines is 1. The van der Waals surface area contributed by atoms with Gasteiger partial charge in [-0.1, -0.05) is 25.3 Å². The van der Waals surface area contributed by atoms with E-state index in [-0.39, 0.29) is 17.4 Å². The molecule has 26 heavy (non-hydrogen) atoms. The maximum Gasteiger partial charge on any atom is 0.417 e.